The quantitative estimate of drug-likeness (QED) is 0.747. The summed E-state index contributed by atoms with van der Waals surface area (Å²) in [4.78, 5) is 4.70. The van der Waals surface area contributed by atoms with E-state index < -0.39 is 0 Å². The largest absolute Gasteiger partial charge is 0.494 e. The smallest absolute Gasteiger partial charge is 0.119 e. The molecule has 1 aliphatic heterocycles. The lowest BCUT2D eigenvalue weighted by Crippen LogP contribution is -2.49. The average molecular weight is 320 g/mol. The summed E-state index contributed by atoms with van der Waals surface area (Å²) in [7, 11) is 4.22. The van der Waals surface area contributed by atoms with E-state index in [0.717, 1.165) is 51.3 Å². The SMILES string of the molecule is CCCCOc1ccc(CN2CCC(N(C)C)C(CO)C2)cc1. The predicted octanol–water partition coefficient (Wildman–Crippen LogP) is 2.61. The number of benzene rings is 1. The van der Waals surface area contributed by atoms with E-state index >= 15 is 0 Å². The fourth-order valence-electron chi connectivity index (χ4n) is 3.38. The second kappa shape index (κ2) is 9.26. The molecule has 0 radical (unpaired) electrons. The van der Waals surface area contributed by atoms with Crippen LogP contribution >= 0.6 is 0 Å². The Hall–Kier alpha value is -1.10. The van der Waals surface area contributed by atoms with Gasteiger partial charge in [0, 0.05) is 31.7 Å². The molecule has 0 saturated carbocycles. The zero-order valence-corrected chi connectivity index (χ0v) is 14.9. The summed E-state index contributed by atoms with van der Waals surface area (Å²) in [5.74, 6) is 1.30. The summed E-state index contributed by atoms with van der Waals surface area (Å²) in [5.41, 5.74) is 1.31. The Kier molecular flexibility index (Phi) is 7.34. The van der Waals surface area contributed by atoms with Crippen LogP contribution in [0.15, 0.2) is 24.3 Å². The summed E-state index contributed by atoms with van der Waals surface area (Å²) in [6, 6.07) is 8.95. The molecule has 0 bridgehead atoms. The van der Waals surface area contributed by atoms with E-state index in [9.17, 15) is 5.11 Å². The Bertz CT molecular complexity index is 447. The standard InChI is InChI=1S/C19H32N2O2/c1-4-5-12-23-18-8-6-16(7-9-18)13-21-11-10-19(20(2)3)17(14-21)15-22/h6-9,17,19,22H,4-5,10-15H2,1-3H3. The minimum atomic E-state index is 0.267. The lowest BCUT2D eigenvalue weighted by atomic mass is 9.91. The number of likely N-dealkylation sites (tertiary alicyclic amines) is 1. The van der Waals surface area contributed by atoms with Crippen LogP contribution in [0.2, 0.25) is 0 Å². The summed E-state index contributed by atoms with van der Waals surface area (Å²) in [6.45, 7) is 6.25. The van der Waals surface area contributed by atoms with Crippen molar-refractivity contribution in [1.82, 2.24) is 9.80 Å². The molecule has 2 atom stereocenters. The summed E-state index contributed by atoms with van der Waals surface area (Å²) < 4.78 is 5.71. The molecule has 1 aliphatic rings. The van der Waals surface area contributed by atoms with Gasteiger partial charge in [0.05, 0.1) is 6.61 Å². The van der Waals surface area contributed by atoms with Gasteiger partial charge in [-0.3, -0.25) is 4.90 Å². The van der Waals surface area contributed by atoms with E-state index in [0.29, 0.717) is 12.0 Å². The van der Waals surface area contributed by atoms with Crippen LogP contribution in [0.3, 0.4) is 0 Å². The third-order valence-corrected chi connectivity index (χ3v) is 4.77. The summed E-state index contributed by atoms with van der Waals surface area (Å²) in [6.07, 6.45) is 3.38. The zero-order valence-electron chi connectivity index (χ0n) is 14.9. The highest BCUT2D eigenvalue weighted by Gasteiger charge is 2.29. The third kappa shape index (κ3) is 5.48. The van der Waals surface area contributed by atoms with Crippen LogP contribution in [-0.4, -0.2) is 61.3 Å². The van der Waals surface area contributed by atoms with Gasteiger partial charge >= 0.3 is 0 Å². The molecule has 1 aromatic carbocycles. The molecule has 1 N–H and O–H groups in total. The van der Waals surface area contributed by atoms with Crippen LogP contribution in [0.5, 0.6) is 5.75 Å². The summed E-state index contributed by atoms with van der Waals surface area (Å²) >= 11 is 0. The van der Waals surface area contributed by atoms with E-state index in [1.165, 1.54) is 5.56 Å². The molecule has 1 saturated heterocycles. The third-order valence-electron chi connectivity index (χ3n) is 4.77. The molecule has 2 unspecified atom stereocenters. The van der Waals surface area contributed by atoms with Crippen molar-refractivity contribution < 1.29 is 9.84 Å². The van der Waals surface area contributed by atoms with Gasteiger partial charge in [-0.05, 0) is 51.2 Å². The summed E-state index contributed by atoms with van der Waals surface area (Å²) in [5, 5.41) is 9.66. The van der Waals surface area contributed by atoms with Crippen molar-refractivity contribution in [3.8, 4) is 5.75 Å². The van der Waals surface area contributed by atoms with E-state index in [1.807, 2.05) is 0 Å². The van der Waals surface area contributed by atoms with E-state index in [1.54, 1.807) is 0 Å². The molecule has 1 fully saturated rings. The van der Waals surface area contributed by atoms with Gasteiger partial charge in [0.2, 0.25) is 0 Å². The number of ether oxygens (including phenoxy) is 1. The lowest BCUT2D eigenvalue weighted by Gasteiger charge is -2.40. The van der Waals surface area contributed by atoms with E-state index in [4.69, 9.17) is 4.74 Å². The Labute approximate surface area is 141 Å². The first-order valence-electron chi connectivity index (χ1n) is 8.85. The Morgan fingerprint density at radius 3 is 2.61 bits per heavy atom. The highest BCUT2D eigenvalue weighted by atomic mass is 16.5. The Morgan fingerprint density at radius 1 is 1.26 bits per heavy atom. The second-order valence-electron chi connectivity index (χ2n) is 6.84. The van der Waals surface area contributed by atoms with Crippen molar-refractivity contribution in [1.29, 1.82) is 0 Å². The fourth-order valence-corrected chi connectivity index (χ4v) is 3.38. The Morgan fingerprint density at radius 2 is 2.00 bits per heavy atom. The van der Waals surface area contributed by atoms with Crippen LogP contribution in [0, 0.1) is 5.92 Å². The molecule has 0 aromatic heterocycles. The molecular formula is C19H32N2O2. The van der Waals surface area contributed by atoms with E-state index in [-0.39, 0.29) is 6.61 Å². The second-order valence-corrected chi connectivity index (χ2v) is 6.84. The number of nitrogens with zero attached hydrogens (tertiary/aromatic N) is 2. The normalized spacial score (nSPS) is 22.5. The van der Waals surface area contributed by atoms with Gasteiger partial charge in [-0.15, -0.1) is 0 Å². The van der Waals surface area contributed by atoms with Gasteiger partial charge in [-0.2, -0.15) is 0 Å². The first-order chi connectivity index (χ1) is 11.1. The topological polar surface area (TPSA) is 35.9 Å². The minimum Gasteiger partial charge on any atom is -0.494 e. The number of hydrogen-bond donors (Lipinski definition) is 1. The molecular weight excluding hydrogens is 288 g/mol. The first kappa shape index (κ1) is 18.2. The maximum atomic E-state index is 9.66. The lowest BCUT2D eigenvalue weighted by molar-refractivity contribution is 0.0454. The van der Waals surface area contributed by atoms with Gasteiger partial charge in [0.25, 0.3) is 0 Å². The van der Waals surface area contributed by atoms with Gasteiger partial charge in [-0.25, -0.2) is 0 Å². The zero-order chi connectivity index (χ0) is 16.7. The van der Waals surface area contributed by atoms with Crippen LogP contribution in [0.4, 0.5) is 0 Å². The van der Waals surface area contributed by atoms with Crippen molar-refractivity contribution in [3.05, 3.63) is 29.8 Å². The maximum Gasteiger partial charge on any atom is 0.119 e. The van der Waals surface area contributed by atoms with E-state index in [2.05, 4.69) is 55.1 Å². The molecule has 1 aromatic rings. The van der Waals surface area contributed by atoms with Gasteiger partial charge < -0.3 is 14.7 Å². The molecule has 0 spiro atoms. The van der Waals surface area contributed by atoms with Crippen LogP contribution < -0.4 is 4.74 Å². The highest BCUT2D eigenvalue weighted by Crippen LogP contribution is 2.22. The van der Waals surface area contributed by atoms with Crippen molar-refractivity contribution >= 4 is 0 Å². The monoisotopic (exact) mass is 320 g/mol. The molecule has 2 rings (SSSR count). The molecule has 0 aliphatic carbocycles. The van der Waals surface area contributed by atoms with Gasteiger partial charge in [0.15, 0.2) is 0 Å². The number of hydrogen-bond acceptors (Lipinski definition) is 4. The van der Waals surface area contributed by atoms with Crippen molar-refractivity contribution in [2.24, 2.45) is 5.92 Å². The maximum absolute atomic E-state index is 9.66. The molecule has 0 amide bonds. The number of aliphatic hydroxyl groups is 1. The number of aliphatic hydroxyl groups excluding tert-OH is 1. The van der Waals surface area contributed by atoms with Crippen LogP contribution in [-0.2, 0) is 6.54 Å². The molecule has 23 heavy (non-hydrogen) atoms. The number of piperidine rings is 1. The fraction of sp³-hybridized carbons (Fsp3) is 0.684. The average Bonchev–Trinajstić information content (AvgIpc) is 2.56. The number of unbranched alkanes of at least 4 members (excludes halogenated alkanes) is 1. The molecule has 1 heterocycles. The first-order valence-corrected chi connectivity index (χ1v) is 8.85. The van der Waals surface area contributed by atoms with Crippen molar-refractivity contribution in [2.45, 2.75) is 38.8 Å². The van der Waals surface area contributed by atoms with Gasteiger partial charge in [0.1, 0.15) is 5.75 Å². The number of rotatable bonds is 8. The van der Waals surface area contributed by atoms with Crippen LogP contribution in [0.25, 0.3) is 0 Å². The van der Waals surface area contributed by atoms with Crippen LogP contribution in [0.1, 0.15) is 31.7 Å². The van der Waals surface area contributed by atoms with Crippen molar-refractivity contribution in [3.63, 3.8) is 0 Å². The Balaban J connectivity index is 1.85. The molecule has 4 nitrogen and oxygen atoms in total. The molecule has 4 heteroatoms. The minimum absolute atomic E-state index is 0.267. The van der Waals surface area contributed by atoms with Crippen molar-refractivity contribution in [2.75, 3.05) is 40.4 Å². The predicted molar refractivity (Wildman–Crippen MR) is 94.8 cm³/mol. The highest BCUT2D eigenvalue weighted by molar-refractivity contribution is 5.27. The molecule has 130 valence electrons. The van der Waals surface area contributed by atoms with Gasteiger partial charge in [-0.1, -0.05) is 25.5 Å².